The van der Waals surface area contributed by atoms with E-state index in [2.05, 4.69) is 32.8 Å². The molecule has 8 heteroatoms. The van der Waals surface area contributed by atoms with Crippen molar-refractivity contribution in [3.8, 4) is 5.75 Å². The van der Waals surface area contributed by atoms with Crippen molar-refractivity contribution in [3.63, 3.8) is 0 Å². The fourth-order valence-corrected chi connectivity index (χ4v) is 3.86. The van der Waals surface area contributed by atoms with Crippen LogP contribution in [0.1, 0.15) is 12.0 Å². The summed E-state index contributed by atoms with van der Waals surface area (Å²) < 4.78 is 5.58. The SMILES string of the molecule is O=C(CCN1CCN(c2ccccc2)CC1)NNC(=O)C1=Cc2cc(Cl)ccc2OC1. The topological polar surface area (TPSA) is 73.9 Å². The number of fused-ring (bicyclic) bond motifs is 1. The number of hydrogen-bond donors (Lipinski definition) is 2. The number of hydrogen-bond acceptors (Lipinski definition) is 5. The highest BCUT2D eigenvalue weighted by Gasteiger charge is 2.20. The molecule has 0 saturated carbocycles. The maximum Gasteiger partial charge on any atom is 0.269 e. The van der Waals surface area contributed by atoms with Gasteiger partial charge in [-0.05, 0) is 36.4 Å². The predicted octanol–water partition coefficient (Wildman–Crippen LogP) is 2.48. The molecule has 7 nitrogen and oxygen atoms in total. The largest absolute Gasteiger partial charge is 0.488 e. The molecule has 2 aliphatic rings. The molecule has 0 aliphatic carbocycles. The summed E-state index contributed by atoms with van der Waals surface area (Å²) in [5, 5.41) is 0.568. The Kier molecular flexibility index (Phi) is 6.74. The van der Waals surface area contributed by atoms with E-state index < -0.39 is 5.91 Å². The maximum atomic E-state index is 12.4. The van der Waals surface area contributed by atoms with Crippen LogP contribution in [0.5, 0.6) is 5.75 Å². The van der Waals surface area contributed by atoms with E-state index in [9.17, 15) is 9.59 Å². The Morgan fingerprint density at radius 1 is 1.00 bits per heavy atom. The summed E-state index contributed by atoms with van der Waals surface area (Å²) in [6.45, 7) is 4.47. The summed E-state index contributed by atoms with van der Waals surface area (Å²) in [5.74, 6) is 0.0624. The molecule has 0 atom stereocenters. The van der Waals surface area contributed by atoms with Gasteiger partial charge in [0.2, 0.25) is 5.91 Å². The normalized spacial score (nSPS) is 16.0. The first kappa shape index (κ1) is 21.2. The third kappa shape index (κ3) is 5.57. The molecule has 1 fully saturated rings. The first-order valence-corrected chi connectivity index (χ1v) is 10.7. The smallest absolute Gasteiger partial charge is 0.269 e. The first-order chi connectivity index (χ1) is 15.1. The molecule has 31 heavy (non-hydrogen) atoms. The van der Waals surface area contributed by atoms with E-state index in [4.69, 9.17) is 16.3 Å². The van der Waals surface area contributed by atoms with Crippen LogP contribution in [0.2, 0.25) is 5.02 Å². The average Bonchev–Trinajstić information content (AvgIpc) is 2.81. The Morgan fingerprint density at radius 3 is 2.55 bits per heavy atom. The molecule has 1 saturated heterocycles. The number of amides is 2. The molecule has 2 aliphatic heterocycles. The number of ether oxygens (including phenoxy) is 1. The highest BCUT2D eigenvalue weighted by molar-refractivity contribution is 6.30. The Hall–Kier alpha value is -3.03. The zero-order valence-electron chi connectivity index (χ0n) is 17.1. The Bertz CT molecular complexity index is 972. The van der Waals surface area contributed by atoms with Crippen molar-refractivity contribution >= 4 is 35.2 Å². The third-order valence-electron chi connectivity index (χ3n) is 5.44. The van der Waals surface area contributed by atoms with Gasteiger partial charge in [0.15, 0.2) is 0 Å². The number of carbonyl (C=O) groups excluding carboxylic acids is 2. The quantitative estimate of drug-likeness (QED) is 0.699. The highest BCUT2D eigenvalue weighted by Crippen LogP contribution is 2.28. The second-order valence-corrected chi connectivity index (χ2v) is 7.99. The van der Waals surface area contributed by atoms with Gasteiger partial charge in [0.1, 0.15) is 12.4 Å². The van der Waals surface area contributed by atoms with Crippen LogP contribution in [0.25, 0.3) is 6.08 Å². The Labute approximate surface area is 186 Å². The van der Waals surface area contributed by atoms with E-state index in [0.29, 0.717) is 29.3 Å². The van der Waals surface area contributed by atoms with Crippen molar-refractivity contribution in [2.75, 3.05) is 44.2 Å². The summed E-state index contributed by atoms with van der Waals surface area (Å²) in [6.07, 6.45) is 2.04. The van der Waals surface area contributed by atoms with Crippen LogP contribution in [-0.4, -0.2) is 56.0 Å². The zero-order chi connectivity index (χ0) is 21.6. The predicted molar refractivity (Wildman–Crippen MR) is 121 cm³/mol. The van der Waals surface area contributed by atoms with Gasteiger partial charge in [0.25, 0.3) is 5.91 Å². The van der Waals surface area contributed by atoms with Gasteiger partial charge in [-0.15, -0.1) is 0 Å². The van der Waals surface area contributed by atoms with Crippen molar-refractivity contribution in [2.24, 2.45) is 0 Å². The second-order valence-electron chi connectivity index (χ2n) is 7.56. The molecule has 2 aromatic rings. The molecule has 0 radical (unpaired) electrons. The minimum Gasteiger partial charge on any atom is -0.488 e. The van der Waals surface area contributed by atoms with Gasteiger partial charge in [-0.2, -0.15) is 0 Å². The molecule has 4 rings (SSSR count). The standard InChI is InChI=1S/C23H25ClN4O3/c24-19-6-7-21-17(15-19)14-18(16-31-21)23(30)26-25-22(29)8-9-27-10-12-28(13-11-27)20-4-2-1-3-5-20/h1-7,14-15H,8-13,16H2,(H,25,29)(H,26,30). The average molecular weight is 441 g/mol. The van der Waals surface area contributed by atoms with Crippen LogP contribution >= 0.6 is 11.6 Å². The molecular formula is C23H25ClN4O3. The molecule has 0 aromatic heterocycles. The number of carbonyl (C=O) groups is 2. The van der Waals surface area contributed by atoms with E-state index in [-0.39, 0.29) is 12.5 Å². The summed E-state index contributed by atoms with van der Waals surface area (Å²) in [7, 11) is 0. The zero-order valence-corrected chi connectivity index (χ0v) is 17.9. The minimum absolute atomic E-state index is 0.141. The fourth-order valence-electron chi connectivity index (χ4n) is 3.68. The van der Waals surface area contributed by atoms with Crippen LogP contribution in [0.4, 0.5) is 5.69 Å². The third-order valence-corrected chi connectivity index (χ3v) is 5.68. The summed E-state index contributed by atoms with van der Waals surface area (Å²) in [4.78, 5) is 29.1. The molecule has 2 aromatic carbocycles. The fraction of sp³-hybridized carbons (Fsp3) is 0.304. The number of nitrogens with one attached hydrogen (secondary N) is 2. The number of anilines is 1. The lowest BCUT2D eigenvalue weighted by Gasteiger charge is -2.36. The molecule has 0 bridgehead atoms. The monoisotopic (exact) mass is 440 g/mol. The van der Waals surface area contributed by atoms with Gasteiger partial charge >= 0.3 is 0 Å². The number of rotatable bonds is 5. The number of piperazine rings is 1. The minimum atomic E-state index is -0.393. The van der Waals surface area contributed by atoms with Crippen LogP contribution < -0.4 is 20.5 Å². The van der Waals surface area contributed by atoms with Crippen molar-refractivity contribution in [1.29, 1.82) is 0 Å². The van der Waals surface area contributed by atoms with Gasteiger partial charge in [0.05, 0.1) is 5.57 Å². The Balaban J connectivity index is 1.18. The first-order valence-electron chi connectivity index (χ1n) is 10.3. The second kappa shape index (κ2) is 9.85. The van der Waals surface area contributed by atoms with Crippen LogP contribution in [0, 0.1) is 0 Å². The van der Waals surface area contributed by atoms with E-state index in [1.54, 1.807) is 24.3 Å². The lowest BCUT2D eigenvalue weighted by molar-refractivity contribution is -0.127. The van der Waals surface area contributed by atoms with Crippen molar-refractivity contribution in [1.82, 2.24) is 15.8 Å². The molecule has 2 N–H and O–H groups in total. The van der Waals surface area contributed by atoms with Crippen molar-refractivity contribution < 1.29 is 14.3 Å². The number of nitrogens with zero attached hydrogens (tertiary/aromatic N) is 2. The molecule has 2 heterocycles. The molecule has 2 amide bonds. The molecule has 0 unspecified atom stereocenters. The van der Waals surface area contributed by atoms with Gasteiger partial charge in [-0.25, -0.2) is 0 Å². The highest BCUT2D eigenvalue weighted by atomic mass is 35.5. The summed E-state index contributed by atoms with van der Waals surface area (Å²) in [5.41, 5.74) is 7.35. The molecule has 162 valence electrons. The van der Waals surface area contributed by atoms with Crippen LogP contribution in [0.3, 0.4) is 0 Å². The van der Waals surface area contributed by atoms with E-state index in [0.717, 1.165) is 31.7 Å². The van der Waals surface area contributed by atoms with Crippen LogP contribution in [0.15, 0.2) is 54.1 Å². The number of hydrazine groups is 1. The number of halogens is 1. The molecule has 0 spiro atoms. The van der Waals surface area contributed by atoms with Gasteiger partial charge in [0, 0.05) is 55.4 Å². The molecular weight excluding hydrogens is 416 g/mol. The lowest BCUT2D eigenvalue weighted by atomic mass is 10.1. The van der Waals surface area contributed by atoms with Gasteiger partial charge in [-0.1, -0.05) is 29.8 Å². The van der Waals surface area contributed by atoms with E-state index >= 15 is 0 Å². The van der Waals surface area contributed by atoms with Crippen molar-refractivity contribution in [3.05, 3.63) is 64.7 Å². The van der Waals surface area contributed by atoms with E-state index in [1.807, 2.05) is 18.2 Å². The van der Waals surface area contributed by atoms with E-state index in [1.165, 1.54) is 5.69 Å². The van der Waals surface area contributed by atoms with Gasteiger partial charge in [-0.3, -0.25) is 25.3 Å². The number of benzene rings is 2. The Morgan fingerprint density at radius 2 is 1.77 bits per heavy atom. The van der Waals surface area contributed by atoms with Crippen LogP contribution in [-0.2, 0) is 9.59 Å². The van der Waals surface area contributed by atoms with Crippen molar-refractivity contribution in [2.45, 2.75) is 6.42 Å². The summed E-state index contributed by atoms with van der Waals surface area (Å²) in [6, 6.07) is 15.6. The summed E-state index contributed by atoms with van der Waals surface area (Å²) >= 11 is 6.00. The number of para-hydroxylation sites is 1. The maximum absolute atomic E-state index is 12.4. The van der Waals surface area contributed by atoms with Gasteiger partial charge < -0.3 is 9.64 Å². The lowest BCUT2D eigenvalue weighted by Crippen LogP contribution is -2.48.